The summed E-state index contributed by atoms with van der Waals surface area (Å²) in [6, 6.07) is -1.05. The van der Waals surface area contributed by atoms with Crippen molar-refractivity contribution in [1.29, 1.82) is 0 Å². The number of nitrogens with zero attached hydrogens (tertiary/aromatic N) is 2. The minimum atomic E-state index is -1.10. The highest BCUT2D eigenvalue weighted by Crippen LogP contribution is 2.12. The molecule has 7 heteroatoms. The largest absolute Gasteiger partial charge is 0.480 e. The normalized spacial score (nSPS) is 12.8. The molecule has 2 N–H and O–H groups in total. The summed E-state index contributed by atoms with van der Waals surface area (Å²) in [4.78, 5) is 23.1. The summed E-state index contributed by atoms with van der Waals surface area (Å²) in [5.41, 5.74) is 1.05. The van der Waals surface area contributed by atoms with Gasteiger partial charge in [-0.25, -0.2) is 9.59 Å². The molecule has 1 unspecified atom stereocenters. The molecule has 0 radical (unpaired) electrons. The van der Waals surface area contributed by atoms with E-state index in [1.807, 2.05) is 18.5 Å². The molecule has 7 nitrogen and oxygen atoms in total. The van der Waals surface area contributed by atoms with Gasteiger partial charge >= 0.3 is 12.1 Å². The van der Waals surface area contributed by atoms with Crippen molar-refractivity contribution in [2.45, 2.75) is 65.6 Å². The number of aliphatic carboxylic acids is 1. The molecular weight excluding hydrogens is 286 g/mol. The number of carbonyl (C=O) groups excluding carboxylic acids is 1. The van der Waals surface area contributed by atoms with Crippen LogP contribution in [0.2, 0.25) is 0 Å². The van der Waals surface area contributed by atoms with Crippen LogP contribution in [-0.2, 0) is 22.5 Å². The fourth-order valence-electron chi connectivity index (χ4n) is 1.99. The maximum Gasteiger partial charge on any atom is 0.408 e. The van der Waals surface area contributed by atoms with Gasteiger partial charge in [-0.1, -0.05) is 6.92 Å². The molecule has 1 amide bonds. The van der Waals surface area contributed by atoms with E-state index in [9.17, 15) is 14.7 Å². The van der Waals surface area contributed by atoms with E-state index in [2.05, 4.69) is 10.4 Å². The molecule has 1 rings (SSSR count). The molecule has 0 aromatic carbocycles. The Morgan fingerprint density at radius 1 is 1.45 bits per heavy atom. The van der Waals surface area contributed by atoms with E-state index in [4.69, 9.17) is 4.74 Å². The van der Waals surface area contributed by atoms with Crippen LogP contribution in [0.15, 0.2) is 6.20 Å². The Bertz CT molecular complexity index is 531. The molecule has 0 aliphatic carbocycles. The quantitative estimate of drug-likeness (QED) is 0.839. The lowest BCUT2D eigenvalue weighted by molar-refractivity contribution is -0.139. The van der Waals surface area contributed by atoms with Crippen molar-refractivity contribution in [3.05, 3.63) is 17.5 Å². The van der Waals surface area contributed by atoms with E-state index in [1.54, 1.807) is 27.0 Å². The van der Waals surface area contributed by atoms with Gasteiger partial charge in [0.1, 0.15) is 11.6 Å². The molecule has 0 aliphatic rings. The maximum absolute atomic E-state index is 11.7. The van der Waals surface area contributed by atoms with Crippen LogP contribution in [0.25, 0.3) is 0 Å². The third kappa shape index (κ3) is 5.38. The molecular formula is C15H25N3O4. The summed E-state index contributed by atoms with van der Waals surface area (Å²) < 4.78 is 6.93. The summed E-state index contributed by atoms with van der Waals surface area (Å²) in [6.45, 7) is 9.89. The van der Waals surface area contributed by atoms with Crippen molar-refractivity contribution >= 4 is 12.1 Å². The van der Waals surface area contributed by atoms with Crippen molar-refractivity contribution < 1.29 is 19.4 Å². The Hall–Kier alpha value is -2.05. The number of amides is 1. The van der Waals surface area contributed by atoms with Crippen LogP contribution < -0.4 is 5.32 Å². The highest BCUT2D eigenvalue weighted by molar-refractivity contribution is 5.80. The average Bonchev–Trinajstić information content (AvgIpc) is 2.69. The number of rotatable bonds is 6. The molecule has 1 atom stereocenters. The molecule has 124 valence electrons. The minimum Gasteiger partial charge on any atom is -0.480 e. The molecule has 1 aromatic heterocycles. The van der Waals surface area contributed by atoms with Crippen LogP contribution in [-0.4, -0.2) is 38.6 Å². The van der Waals surface area contributed by atoms with Crippen LogP contribution in [0.1, 0.15) is 45.4 Å². The first-order chi connectivity index (χ1) is 10.1. The Morgan fingerprint density at radius 2 is 2.09 bits per heavy atom. The second-order valence-electron chi connectivity index (χ2n) is 6.22. The third-order valence-electron chi connectivity index (χ3n) is 3.05. The summed E-state index contributed by atoms with van der Waals surface area (Å²) >= 11 is 0. The lowest BCUT2D eigenvalue weighted by Gasteiger charge is -2.22. The number of nitrogens with one attached hydrogen (secondary N) is 1. The SMILES string of the molecule is CCCn1ncc(CC(NC(=O)OC(C)(C)C)C(=O)O)c1C. The van der Waals surface area contributed by atoms with Gasteiger partial charge in [-0.05, 0) is 39.7 Å². The average molecular weight is 311 g/mol. The van der Waals surface area contributed by atoms with Crippen molar-refractivity contribution in [2.75, 3.05) is 0 Å². The number of carboxylic acids is 1. The van der Waals surface area contributed by atoms with Gasteiger partial charge in [-0.2, -0.15) is 5.10 Å². The molecule has 0 saturated heterocycles. The van der Waals surface area contributed by atoms with E-state index < -0.39 is 23.7 Å². The predicted molar refractivity (Wildman–Crippen MR) is 81.8 cm³/mol. The number of hydrogen-bond acceptors (Lipinski definition) is 4. The van der Waals surface area contributed by atoms with E-state index in [0.717, 1.165) is 24.2 Å². The van der Waals surface area contributed by atoms with Gasteiger partial charge in [0.2, 0.25) is 0 Å². The summed E-state index contributed by atoms with van der Waals surface area (Å²) in [7, 11) is 0. The summed E-state index contributed by atoms with van der Waals surface area (Å²) in [5, 5.41) is 15.9. The zero-order chi connectivity index (χ0) is 16.9. The lowest BCUT2D eigenvalue weighted by Crippen LogP contribution is -2.44. The first-order valence-electron chi connectivity index (χ1n) is 7.37. The first kappa shape index (κ1) is 18.0. The van der Waals surface area contributed by atoms with Gasteiger partial charge in [-0.3, -0.25) is 4.68 Å². The van der Waals surface area contributed by atoms with E-state index >= 15 is 0 Å². The smallest absolute Gasteiger partial charge is 0.408 e. The van der Waals surface area contributed by atoms with Crippen molar-refractivity contribution in [3.8, 4) is 0 Å². The molecule has 1 heterocycles. The fraction of sp³-hybridized carbons (Fsp3) is 0.667. The Labute approximate surface area is 130 Å². The summed E-state index contributed by atoms with van der Waals surface area (Å²) in [5.74, 6) is -1.10. The van der Waals surface area contributed by atoms with E-state index in [-0.39, 0.29) is 6.42 Å². The monoisotopic (exact) mass is 311 g/mol. The van der Waals surface area contributed by atoms with Gasteiger partial charge in [0, 0.05) is 18.7 Å². The molecule has 0 spiro atoms. The van der Waals surface area contributed by atoms with Crippen LogP contribution in [0.5, 0.6) is 0 Å². The highest BCUT2D eigenvalue weighted by Gasteiger charge is 2.25. The number of aromatic nitrogens is 2. The molecule has 1 aromatic rings. The van der Waals surface area contributed by atoms with E-state index in [0.29, 0.717) is 0 Å². The van der Waals surface area contributed by atoms with Gasteiger partial charge in [0.25, 0.3) is 0 Å². The number of carboxylic acid groups (broad SMARTS) is 1. The third-order valence-corrected chi connectivity index (χ3v) is 3.05. The Kier molecular flexibility index (Phi) is 5.96. The summed E-state index contributed by atoms with van der Waals surface area (Å²) in [6.07, 6.45) is 2.03. The van der Waals surface area contributed by atoms with Gasteiger partial charge in [-0.15, -0.1) is 0 Å². The zero-order valence-corrected chi connectivity index (χ0v) is 13.8. The van der Waals surface area contributed by atoms with Crippen molar-refractivity contribution in [3.63, 3.8) is 0 Å². The number of aryl methyl sites for hydroxylation is 1. The molecule has 22 heavy (non-hydrogen) atoms. The highest BCUT2D eigenvalue weighted by atomic mass is 16.6. The van der Waals surface area contributed by atoms with Crippen molar-refractivity contribution in [2.24, 2.45) is 0 Å². The first-order valence-corrected chi connectivity index (χ1v) is 7.37. The number of alkyl carbamates (subject to hydrolysis) is 1. The maximum atomic E-state index is 11.7. The Balaban J connectivity index is 2.77. The van der Waals surface area contributed by atoms with Gasteiger partial charge < -0.3 is 15.2 Å². The standard InChI is InChI=1S/C15H25N3O4/c1-6-7-18-10(2)11(9-16-18)8-12(13(19)20)17-14(21)22-15(3,4)5/h9,12H,6-8H2,1-5H3,(H,17,21)(H,19,20). The predicted octanol–water partition coefficient (Wildman–Crippen LogP) is 2.12. The second-order valence-corrected chi connectivity index (χ2v) is 6.22. The molecule has 0 aliphatic heterocycles. The fourth-order valence-corrected chi connectivity index (χ4v) is 1.99. The van der Waals surface area contributed by atoms with Gasteiger partial charge in [0.05, 0.1) is 6.20 Å². The lowest BCUT2D eigenvalue weighted by atomic mass is 10.1. The molecule has 0 saturated carbocycles. The van der Waals surface area contributed by atoms with Crippen molar-refractivity contribution in [1.82, 2.24) is 15.1 Å². The number of carbonyl (C=O) groups is 2. The van der Waals surface area contributed by atoms with E-state index in [1.165, 1.54) is 0 Å². The number of ether oxygens (including phenoxy) is 1. The van der Waals surface area contributed by atoms with Crippen LogP contribution in [0.3, 0.4) is 0 Å². The van der Waals surface area contributed by atoms with Gasteiger partial charge in [0.15, 0.2) is 0 Å². The number of hydrogen-bond donors (Lipinski definition) is 2. The second kappa shape index (κ2) is 7.29. The molecule has 0 fully saturated rings. The zero-order valence-electron chi connectivity index (χ0n) is 13.8. The van der Waals surface area contributed by atoms with Crippen LogP contribution in [0, 0.1) is 6.92 Å². The Morgan fingerprint density at radius 3 is 2.59 bits per heavy atom. The topological polar surface area (TPSA) is 93.5 Å². The van der Waals surface area contributed by atoms with Crippen LogP contribution in [0.4, 0.5) is 4.79 Å². The molecule has 0 bridgehead atoms. The minimum absolute atomic E-state index is 0.171. The van der Waals surface area contributed by atoms with Crippen LogP contribution >= 0.6 is 0 Å².